The Balaban J connectivity index is 1.89. The van der Waals surface area contributed by atoms with E-state index >= 15 is 0 Å². The quantitative estimate of drug-likeness (QED) is 0.786. The van der Waals surface area contributed by atoms with Crippen LogP contribution in [0.3, 0.4) is 0 Å². The van der Waals surface area contributed by atoms with Crippen molar-refractivity contribution >= 4 is 0 Å². The first kappa shape index (κ1) is 12.3. The molecule has 0 aromatic rings. The lowest BCUT2D eigenvalue weighted by molar-refractivity contribution is -0.146. The third-order valence-corrected chi connectivity index (χ3v) is 4.56. The van der Waals surface area contributed by atoms with E-state index in [0.717, 1.165) is 12.6 Å². The summed E-state index contributed by atoms with van der Waals surface area (Å²) in [7, 11) is 2.07. The molecule has 1 aliphatic carbocycles. The summed E-state index contributed by atoms with van der Waals surface area (Å²) in [4.78, 5) is 2.65. The largest absolute Gasteiger partial charge is 0.378 e. The minimum atomic E-state index is 0.332. The van der Waals surface area contributed by atoms with Crippen LogP contribution in [0.4, 0.5) is 0 Å². The second kappa shape index (κ2) is 4.63. The fraction of sp³-hybridized carbons (Fsp3) is 1.00. The first-order valence-electron chi connectivity index (χ1n) is 6.62. The van der Waals surface area contributed by atoms with E-state index < -0.39 is 0 Å². The summed E-state index contributed by atoms with van der Waals surface area (Å²) in [6.07, 6.45) is 2.98. The molecule has 1 saturated heterocycles. The monoisotopic (exact) mass is 226 g/mol. The van der Waals surface area contributed by atoms with Gasteiger partial charge in [0.25, 0.3) is 0 Å². The molecule has 1 saturated carbocycles. The van der Waals surface area contributed by atoms with E-state index in [1.807, 2.05) is 0 Å². The Morgan fingerprint density at radius 3 is 2.69 bits per heavy atom. The highest BCUT2D eigenvalue weighted by atomic mass is 16.5. The molecule has 2 aliphatic rings. The molecule has 1 aliphatic heterocycles. The standard InChI is InChI=1S/C13H26N2O/c1-5-16-12-8-11(13(12,2)3)15-7-6-10(9-15)14-4/h10-12,14H,5-9H2,1-4H3. The zero-order valence-corrected chi connectivity index (χ0v) is 11.1. The van der Waals surface area contributed by atoms with E-state index in [4.69, 9.17) is 4.74 Å². The number of hydrogen-bond acceptors (Lipinski definition) is 3. The van der Waals surface area contributed by atoms with E-state index in [-0.39, 0.29) is 0 Å². The molecule has 3 heteroatoms. The predicted molar refractivity (Wildman–Crippen MR) is 66.6 cm³/mol. The lowest BCUT2D eigenvalue weighted by atomic mass is 9.64. The molecule has 0 aromatic carbocycles. The second-order valence-electron chi connectivity index (χ2n) is 5.79. The first-order valence-corrected chi connectivity index (χ1v) is 6.62. The van der Waals surface area contributed by atoms with Gasteiger partial charge in [-0.1, -0.05) is 13.8 Å². The van der Waals surface area contributed by atoms with Crippen LogP contribution in [-0.2, 0) is 4.74 Å². The number of ether oxygens (including phenoxy) is 1. The van der Waals surface area contributed by atoms with Gasteiger partial charge in [-0.2, -0.15) is 0 Å². The summed E-state index contributed by atoms with van der Waals surface area (Å²) in [5, 5.41) is 3.39. The van der Waals surface area contributed by atoms with Gasteiger partial charge in [0.05, 0.1) is 6.10 Å². The highest BCUT2D eigenvalue weighted by Crippen LogP contribution is 2.46. The maximum absolute atomic E-state index is 5.79. The summed E-state index contributed by atoms with van der Waals surface area (Å²) < 4.78 is 5.79. The summed E-state index contributed by atoms with van der Waals surface area (Å²) in [6.45, 7) is 10.1. The smallest absolute Gasteiger partial charge is 0.0655 e. The van der Waals surface area contributed by atoms with Gasteiger partial charge in [0.2, 0.25) is 0 Å². The topological polar surface area (TPSA) is 24.5 Å². The predicted octanol–water partition coefficient (Wildman–Crippen LogP) is 1.48. The Kier molecular flexibility index (Phi) is 3.57. The Bertz CT molecular complexity index is 242. The van der Waals surface area contributed by atoms with E-state index in [1.54, 1.807) is 0 Å². The van der Waals surface area contributed by atoms with Gasteiger partial charge in [-0.3, -0.25) is 4.90 Å². The fourth-order valence-corrected chi connectivity index (χ4v) is 3.27. The average molecular weight is 226 g/mol. The van der Waals surface area contributed by atoms with Crippen LogP contribution in [0.5, 0.6) is 0 Å². The third-order valence-electron chi connectivity index (χ3n) is 4.56. The average Bonchev–Trinajstić information content (AvgIpc) is 2.71. The highest BCUT2D eigenvalue weighted by molar-refractivity contribution is 5.05. The van der Waals surface area contributed by atoms with Crippen molar-refractivity contribution in [1.82, 2.24) is 10.2 Å². The summed E-state index contributed by atoms with van der Waals surface area (Å²) in [5.41, 5.74) is 0.332. The van der Waals surface area contributed by atoms with E-state index in [1.165, 1.54) is 25.9 Å². The van der Waals surface area contributed by atoms with Gasteiger partial charge in [-0.25, -0.2) is 0 Å². The first-order chi connectivity index (χ1) is 7.59. The number of likely N-dealkylation sites (tertiary alicyclic amines) is 1. The molecular weight excluding hydrogens is 200 g/mol. The van der Waals surface area contributed by atoms with Crippen LogP contribution in [0, 0.1) is 5.41 Å². The summed E-state index contributed by atoms with van der Waals surface area (Å²) in [5.74, 6) is 0. The normalized spacial score (nSPS) is 38.6. The zero-order valence-electron chi connectivity index (χ0n) is 11.1. The van der Waals surface area contributed by atoms with Crippen molar-refractivity contribution < 1.29 is 4.74 Å². The molecule has 1 N–H and O–H groups in total. The maximum Gasteiger partial charge on any atom is 0.0655 e. The van der Waals surface area contributed by atoms with Crippen LogP contribution < -0.4 is 5.32 Å². The molecule has 1 heterocycles. The maximum atomic E-state index is 5.79. The minimum absolute atomic E-state index is 0.332. The highest BCUT2D eigenvalue weighted by Gasteiger charge is 2.52. The van der Waals surface area contributed by atoms with Crippen LogP contribution in [0.15, 0.2) is 0 Å². The molecule has 3 atom stereocenters. The number of likely N-dealkylation sites (N-methyl/N-ethyl adjacent to an activating group) is 1. The van der Waals surface area contributed by atoms with E-state index in [0.29, 0.717) is 17.6 Å². The summed E-state index contributed by atoms with van der Waals surface area (Å²) >= 11 is 0. The Labute approximate surface area is 99.5 Å². The molecule has 94 valence electrons. The van der Waals surface area contributed by atoms with Crippen molar-refractivity contribution in [2.45, 2.75) is 51.8 Å². The van der Waals surface area contributed by atoms with Gasteiger partial charge in [0.1, 0.15) is 0 Å². The fourth-order valence-electron chi connectivity index (χ4n) is 3.27. The van der Waals surface area contributed by atoms with Crippen molar-refractivity contribution in [3.05, 3.63) is 0 Å². The molecule has 2 fully saturated rings. The van der Waals surface area contributed by atoms with Crippen LogP contribution in [0.1, 0.15) is 33.6 Å². The Morgan fingerprint density at radius 1 is 1.44 bits per heavy atom. The Morgan fingerprint density at radius 2 is 2.19 bits per heavy atom. The van der Waals surface area contributed by atoms with Gasteiger partial charge < -0.3 is 10.1 Å². The molecular formula is C13H26N2O. The van der Waals surface area contributed by atoms with Gasteiger partial charge in [0.15, 0.2) is 0 Å². The van der Waals surface area contributed by atoms with Crippen molar-refractivity contribution in [3.8, 4) is 0 Å². The molecule has 3 nitrogen and oxygen atoms in total. The lowest BCUT2D eigenvalue weighted by Gasteiger charge is -2.55. The SMILES string of the molecule is CCOC1CC(N2CCC(NC)C2)C1(C)C. The molecule has 3 unspecified atom stereocenters. The molecule has 0 aromatic heterocycles. The molecule has 0 bridgehead atoms. The van der Waals surface area contributed by atoms with Gasteiger partial charge in [-0.05, 0) is 26.8 Å². The van der Waals surface area contributed by atoms with Gasteiger partial charge in [0, 0.05) is 37.2 Å². The van der Waals surface area contributed by atoms with Crippen LogP contribution in [0.2, 0.25) is 0 Å². The van der Waals surface area contributed by atoms with Crippen LogP contribution in [-0.4, -0.2) is 49.8 Å². The van der Waals surface area contributed by atoms with E-state index in [9.17, 15) is 0 Å². The number of nitrogens with one attached hydrogen (secondary N) is 1. The zero-order chi connectivity index (χ0) is 11.8. The molecule has 0 amide bonds. The molecule has 16 heavy (non-hydrogen) atoms. The van der Waals surface area contributed by atoms with Gasteiger partial charge in [-0.15, -0.1) is 0 Å². The van der Waals surface area contributed by atoms with Crippen LogP contribution in [0.25, 0.3) is 0 Å². The lowest BCUT2D eigenvalue weighted by Crippen LogP contribution is -2.61. The Hall–Kier alpha value is -0.120. The summed E-state index contributed by atoms with van der Waals surface area (Å²) in [6, 6.07) is 1.42. The van der Waals surface area contributed by atoms with Crippen molar-refractivity contribution in [2.75, 3.05) is 26.7 Å². The van der Waals surface area contributed by atoms with Crippen LogP contribution >= 0.6 is 0 Å². The number of rotatable bonds is 4. The third kappa shape index (κ3) is 2.01. The second-order valence-corrected chi connectivity index (χ2v) is 5.79. The number of nitrogens with zero attached hydrogens (tertiary/aromatic N) is 1. The van der Waals surface area contributed by atoms with Crippen molar-refractivity contribution in [1.29, 1.82) is 0 Å². The van der Waals surface area contributed by atoms with Crippen molar-refractivity contribution in [2.24, 2.45) is 5.41 Å². The van der Waals surface area contributed by atoms with Crippen molar-refractivity contribution in [3.63, 3.8) is 0 Å². The minimum Gasteiger partial charge on any atom is -0.378 e. The molecule has 2 rings (SSSR count). The van der Waals surface area contributed by atoms with Gasteiger partial charge >= 0.3 is 0 Å². The van der Waals surface area contributed by atoms with E-state index in [2.05, 4.69) is 38.0 Å². The molecule has 0 radical (unpaired) electrons. The molecule has 0 spiro atoms. The number of hydrogen-bond donors (Lipinski definition) is 1.